The molecule has 1 aliphatic heterocycles. The van der Waals surface area contributed by atoms with E-state index in [-0.39, 0.29) is 11.8 Å². The molecule has 37 heavy (non-hydrogen) atoms. The number of carbonyl (C=O) groups is 3. The van der Waals surface area contributed by atoms with Gasteiger partial charge in [0.2, 0.25) is 5.91 Å². The minimum absolute atomic E-state index is 0.230. The highest BCUT2D eigenvalue weighted by Gasteiger charge is 2.38. The van der Waals surface area contributed by atoms with Crippen molar-refractivity contribution in [3.8, 4) is 5.75 Å². The molecule has 10 heteroatoms. The first-order chi connectivity index (χ1) is 17.7. The van der Waals surface area contributed by atoms with Crippen LogP contribution in [0.5, 0.6) is 5.75 Å². The third-order valence-electron chi connectivity index (χ3n) is 6.36. The van der Waals surface area contributed by atoms with E-state index in [1.807, 2.05) is 24.3 Å². The van der Waals surface area contributed by atoms with Crippen molar-refractivity contribution in [2.75, 3.05) is 30.9 Å². The van der Waals surface area contributed by atoms with E-state index in [9.17, 15) is 14.4 Å². The molecule has 1 aromatic carbocycles. The van der Waals surface area contributed by atoms with Crippen LogP contribution in [0.2, 0.25) is 0 Å². The average Bonchev–Trinajstić information content (AvgIpc) is 3.37. The van der Waals surface area contributed by atoms with Crippen molar-refractivity contribution in [1.29, 1.82) is 0 Å². The van der Waals surface area contributed by atoms with Crippen LogP contribution in [0, 0.1) is 5.92 Å². The lowest BCUT2D eigenvalue weighted by atomic mass is 9.91. The zero-order valence-electron chi connectivity index (χ0n) is 22.4. The lowest BCUT2D eigenvalue weighted by molar-refractivity contribution is -0.129. The Labute approximate surface area is 229 Å². The first-order valence-electron chi connectivity index (χ1n) is 13.1. The number of nitrogens with one attached hydrogen (secondary N) is 2. The zero-order valence-corrected chi connectivity index (χ0v) is 24.1. The molecule has 0 bridgehead atoms. The number of amides is 3. The van der Waals surface area contributed by atoms with Crippen molar-refractivity contribution in [2.24, 2.45) is 5.92 Å². The Balaban J connectivity index is 1.61. The van der Waals surface area contributed by atoms with E-state index in [4.69, 9.17) is 9.47 Å². The van der Waals surface area contributed by atoms with E-state index in [1.54, 1.807) is 39.6 Å². The first kappa shape index (κ1) is 29.5. The van der Waals surface area contributed by atoms with Gasteiger partial charge < -0.3 is 20.1 Å². The Morgan fingerprint density at radius 1 is 1.14 bits per heavy atom. The number of nitrogens with zero attached hydrogens (tertiary/aromatic N) is 1. The molecule has 0 aromatic heterocycles. The van der Waals surface area contributed by atoms with Gasteiger partial charge in [0.1, 0.15) is 17.4 Å². The van der Waals surface area contributed by atoms with Crippen LogP contribution in [0.4, 0.5) is 4.79 Å². The minimum Gasteiger partial charge on any atom is -0.497 e. The van der Waals surface area contributed by atoms with Gasteiger partial charge >= 0.3 is 6.09 Å². The van der Waals surface area contributed by atoms with Gasteiger partial charge in [0.15, 0.2) is 5.37 Å². The molecule has 1 saturated carbocycles. The van der Waals surface area contributed by atoms with E-state index in [0.29, 0.717) is 30.5 Å². The topological polar surface area (TPSA) is 97.0 Å². The predicted molar refractivity (Wildman–Crippen MR) is 150 cm³/mol. The van der Waals surface area contributed by atoms with E-state index in [0.717, 1.165) is 17.1 Å². The monoisotopic (exact) mass is 551 g/mol. The summed E-state index contributed by atoms with van der Waals surface area (Å²) in [5.41, 5.74) is 0.293. The molecule has 1 aliphatic carbocycles. The molecule has 0 spiro atoms. The summed E-state index contributed by atoms with van der Waals surface area (Å²) in [5, 5.41) is 5.19. The van der Waals surface area contributed by atoms with Crippen LogP contribution in [-0.4, -0.2) is 70.7 Å². The molecule has 1 saturated heterocycles. The lowest BCUT2D eigenvalue weighted by Crippen LogP contribution is -2.53. The highest BCUT2D eigenvalue weighted by molar-refractivity contribution is 8.00. The van der Waals surface area contributed by atoms with Gasteiger partial charge in [0.25, 0.3) is 5.91 Å². The maximum absolute atomic E-state index is 13.3. The van der Waals surface area contributed by atoms with Crippen LogP contribution < -0.4 is 15.4 Å². The Bertz CT molecular complexity index is 900. The van der Waals surface area contributed by atoms with E-state index < -0.39 is 23.1 Å². The summed E-state index contributed by atoms with van der Waals surface area (Å²) < 4.78 is 10.7. The van der Waals surface area contributed by atoms with E-state index in [1.165, 1.54) is 48.8 Å². The zero-order chi connectivity index (χ0) is 26.8. The third kappa shape index (κ3) is 9.63. The number of hydrogen-bond acceptors (Lipinski definition) is 7. The normalized spacial score (nSPS) is 19.2. The fourth-order valence-corrected chi connectivity index (χ4v) is 6.77. The Morgan fingerprint density at radius 3 is 2.49 bits per heavy atom. The summed E-state index contributed by atoms with van der Waals surface area (Å²) in [4.78, 5) is 40.6. The van der Waals surface area contributed by atoms with E-state index >= 15 is 0 Å². The van der Waals surface area contributed by atoms with Gasteiger partial charge in [0.05, 0.1) is 7.11 Å². The van der Waals surface area contributed by atoms with Crippen LogP contribution in [0.25, 0.3) is 0 Å². The number of thioether (sulfide) groups is 2. The molecule has 1 heterocycles. The quantitative estimate of drug-likeness (QED) is 0.444. The van der Waals surface area contributed by atoms with Gasteiger partial charge in [-0.2, -0.15) is 11.8 Å². The number of methoxy groups -OCH3 is 1. The SMILES string of the molecule is COc1ccc(CNC(=O)[C@@H](CSCC2CCCCC2)NC(=O)C2SCCN2C(=O)OC(C)(C)C)cc1. The van der Waals surface area contributed by atoms with Gasteiger partial charge in [-0.05, 0) is 63.0 Å². The van der Waals surface area contributed by atoms with Crippen LogP contribution in [0.3, 0.4) is 0 Å². The molecule has 3 amide bonds. The Kier molecular flexibility index (Phi) is 11.3. The predicted octanol–water partition coefficient (Wildman–Crippen LogP) is 4.42. The third-order valence-corrected chi connectivity index (χ3v) is 8.84. The fourth-order valence-electron chi connectivity index (χ4n) is 4.38. The highest BCUT2D eigenvalue weighted by atomic mass is 32.2. The molecule has 1 aromatic rings. The van der Waals surface area contributed by atoms with Gasteiger partial charge in [-0.25, -0.2) is 4.79 Å². The molecule has 2 atom stereocenters. The van der Waals surface area contributed by atoms with Crippen LogP contribution in [0.15, 0.2) is 24.3 Å². The summed E-state index contributed by atoms with van der Waals surface area (Å²) in [6.45, 7) is 6.19. The molecule has 206 valence electrons. The maximum Gasteiger partial charge on any atom is 0.411 e. The summed E-state index contributed by atoms with van der Waals surface area (Å²) >= 11 is 3.11. The average molecular weight is 552 g/mol. The van der Waals surface area contributed by atoms with Crippen molar-refractivity contribution in [2.45, 2.75) is 76.4 Å². The second kappa shape index (κ2) is 14.2. The largest absolute Gasteiger partial charge is 0.497 e. The van der Waals surface area contributed by atoms with Crippen molar-refractivity contribution in [1.82, 2.24) is 15.5 Å². The molecular weight excluding hydrogens is 510 g/mol. The number of benzene rings is 1. The van der Waals surface area contributed by atoms with Gasteiger partial charge in [-0.1, -0.05) is 31.4 Å². The van der Waals surface area contributed by atoms with Crippen LogP contribution in [0.1, 0.15) is 58.4 Å². The Morgan fingerprint density at radius 2 is 1.84 bits per heavy atom. The van der Waals surface area contributed by atoms with Gasteiger partial charge in [-0.3, -0.25) is 14.5 Å². The van der Waals surface area contributed by atoms with Gasteiger partial charge in [0, 0.05) is 24.6 Å². The standard InChI is InChI=1S/C27H41N3O5S2/c1-27(2,3)35-26(33)30-14-15-37-25(30)24(32)29-22(18-36-17-20-8-6-5-7-9-20)23(31)28-16-19-10-12-21(34-4)13-11-19/h10-13,20,22,25H,5-9,14-18H2,1-4H3,(H,28,31)(H,29,32)/t22-,25?/m1/s1. The molecule has 2 aliphatic rings. The van der Waals surface area contributed by atoms with Crippen LogP contribution >= 0.6 is 23.5 Å². The molecule has 2 fully saturated rings. The number of rotatable bonds is 10. The molecule has 2 N–H and O–H groups in total. The fraction of sp³-hybridized carbons (Fsp3) is 0.667. The van der Waals surface area contributed by atoms with E-state index in [2.05, 4.69) is 10.6 Å². The highest BCUT2D eigenvalue weighted by Crippen LogP contribution is 2.28. The van der Waals surface area contributed by atoms with Gasteiger partial charge in [-0.15, -0.1) is 11.8 Å². The molecular formula is C27H41N3O5S2. The minimum atomic E-state index is -0.713. The Hall–Kier alpha value is -2.07. The summed E-state index contributed by atoms with van der Waals surface area (Å²) in [7, 11) is 1.61. The first-order valence-corrected chi connectivity index (χ1v) is 15.3. The van der Waals surface area contributed by atoms with Crippen molar-refractivity contribution < 1.29 is 23.9 Å². The van der Waals surface area contributed by atoms with Crippen LogP contribution in [-0.2, 0) is 20.9 Å². The second-order valence-corrected chi connectivity index (χ2v) is 12.8. The van der Waals surface area contributed by atoms with Crippen molar-refractivity contribution >= 4 is 41.4 Å². The summed E-state index contributed by atoms with van der Waals surface area (Å²) in [6.07, 6.45) is 5.81. The molecule has 0 radical (unpaired) electrons. The number of hydrogen-bond donors (Lipinski definition) is 2. The molecule has 1 unspecified atom stereocenters. The lowest BCUT2D eigenvalue weighted by Gasteiger charge is -2.28. The molecule has 8 nitrogen and oxygen atoms in total. The molecule has 3 rings (SSSR count). The summed E-state index contributed by atoms with van der Waals surface area (Å²) in [6, 6.07) is 6.81. The van der Waals surface area contributed by atoms with Crippen molar-refractivity contribution in [3.05, 3.63) is 29.8 Å². The number of carbonyl (C=O) groups excluding carboxylic acids is 3. The number of ether oxygens (including phenoxy) is 2. The van der Waals surface area contributed by atoms with Crippen molar-refractivity contribution in [3.63, 3.8) is 0 Å². The smallest absolute Gasteiger partial charge is 0.411 e. The maximum atomic E-state index is 13.3. The summed E-state index contributed by atoms with van der Waals surface area (Å²) in [5.74, 6) is 2.97. The second-order valence-electron chi connectivity index (χ2n) is 10.6.